The summed E-state index contributed by atoms with van der Waals surface area (Å²) in [6, 6.07) is 15.4. The summed E-state index contributed by atoms with van der Waals surface area (Å²) in [5, 5.41) is 3.27. The zero-order valence-corrected chi connectivity index (χ0v) is 17.3. The lowest BCUT2D eigenvalue weighted by atomic mass is 10.2. The predicted octanol–water partition coefficient (Wildman–Crippen LogP) is 6.47. The molecular weight excluding hydrogens is 364 g/mol. The van der Waals surface area contributed by atoms with Crippen LogP contribution in [0.25, 0.3) is 0 Å². The lowest BCUT2D eigenvalue weighted by molar-refractivity contribution is 0.168. The van der Waals surface area contributed by atoms with E-state index in [0.717, 1.165) is 5.69 Å². The van der Waals surface area contributed by atoms with Crippen LogP contribution in [0.1, 0.15) is 39.0 Å². The third kappa shape index (κ3) is 6.76. The monoisotopic (exact) mass is 393 g/mol. The summed E-state index contributed by atoms with van der Waals surface area (Å²) in [5.41, 5.74) is 1.43. The van der Waals surface area contributed by atoms with Crippen LogP contribution >= 0.6 is 7.60 Å². The van der Waals surface area contributed by atoms with Crippen LogP contribution in [0.2, 0.25) is 0 Å². The molecule has 0 spiro atoms. The van der Waals surface area contributed by atoms with E-state index in [1.807, 2.05) is 58.0 Å². The summed E-state index contributed by atoms with van der Waals surface area (Å²) in [6.07, 6.45) is 0. The first-order chi connectivity index (χ1) is 12.8. The van der Waals surface area contributed by atoms with Crippen LogP contribution in [0.3, 0.4) is 0 Å². The highest BCUT2D eigenvalue weighted by Gasteiger charge is 2.38. The van der Waals surface area contributed by atoms with Crippen LogP contribution in [-0.2, 0) is 13.6 Å². The molecule has 0 bridgehead atoms. The van der Waals surface area contributed by atoms with E-state index < -0.39 is 13.4 Å². The molecule has 0 saturated carbocycles. The first-order valence-corrected chi connectivity index (χ1v) is 10.9. The fourth-order valence-corrected chi connectivity index (χ4v) is 4.60. The van der Waals surface area contributed by atoms with Gasteiger partial charge >= 0.3 is 7.60 Å². The molecule has 0 aliphatic carbocycles. The van der Waals surface area contributed by atoms with Crippen molar-refractivity contribution in [3.63, 3.8) is 0 Å². The van der Waals surface area contributed by atoms with Crippen LogP contribution < -0.4 is 5.32 Å². The number of hydrogen-bond acceptors (Lipinski definition) is 4. The first-order valence-electron chi connectivity index (χ1n) is 9.26. The topological polar surface area (TPSA) is 47.6 Å². The van der Waals surface area contributed by atoms with Crippen molar-refractivity contribution in [3.05, 3.63) is 66.0 Å². The fraction of sp³-hybridized carbons (Fsp3) is 0.429. The van der Waals surface area contributed by atoms with E-state index in [1.54, 1.807) is 12.1 Å². The maximum atomic E-state index is 13.8. The van der Waals surface area contributed by atoms with Gasteiger partial charge in [-0.1, -0.05) is 58.0 Å². The van der Waals surface area contributed by atoms with Crippen molar-refractivity contribution in [1.29, 1.82) is 0 Å². The lowest BCUT2D eigenvalue weighted by Gasteiger charge is -2.30. The largest absolute Gasteiger partial charge is 0.368 e. The number of rotatable bonds is 10. The Balaban J connectivity index is 2.40. The molecule has 0 amide bonds. The van der Waals surface area contributed by atoms with Crippen molar-refractivity contribution in [2.24, 2.45) is 11.8 Å². The van der Waals surface area contributed by atoms with Gasteiger partial charge in [0.15, 0.2) is 5.78 Å². The Hall–Kier alpha value is -1.68. The van der Waals surface area contributed by atoms with Gasteiger partial charge in [-0.2, -0.15) is 0 Å². The quantitative estimate of drug-likeness (QED) is 0.470. The predicted molar refractivity (Wildman–Crippen MR) is 108 cm³/mol. The molecule has 2 rings (SSSR count). The third-order valence-electron chi connectivity index (χ3n) is 3.75. The zero-order valence-electron chi connectivity index (χ0n) is 16.4. The van der Waals surface area contributed by atoms with Crippen LogP contribution in [0.5, 0.6) is 0 Å². The highest BCUT2D eigenvalue weighted by atomic mass is 31.2. The number of para-hydroxylation sites is 1. The lowest BCUT2D eigenvalue weighted by Crippen LogP contribution is -2.18. The average Bonchev–Trinajstić information content (AvgIpc) is 2.64. The Morgan fingerprint density at radius 3 is 1.89 bits per heavy atom. The first kappa shape index (κ1) is 21.6. The van der Waals surface area contributed by atoms with Gasteiger partial charge < -0.3 is 14.4 Å². The smallest absolute Gasteiger partial charge is 0.357 e. The molecule has 0 heterocycles. The van der Waals surface area contributed by atoms with Crippen molar-refractivity contribution in [3.8, 4) is 0 Å². The van der Waals surface area contributed by atoms with Crippen molar-refractivity contribution in [1.82, 2.24) is 0 Å². The van der Waals surface area contributed by atoms with E-state index in [9.17, 15) is 8.96 Å². The molecule has 27 heavy (non-hydrogen) atoms. The standard InChI is InChI=1S/C21H29FNO3P/c1-16(2)14-25-27(24,26-15-17(3)4)21(18-10-12-19(22)13-11-18)23-20-8-6-5-7-9-20/h5-13,16-17,21,23H,14-15H2,1-4H3/t21-/m1/s1. The molecule has 4 nitrogen and oxygen atoms in total. The average molecular weight is 393 g/mol. The van der Waals surface area contributed by atoms with Gasteiger partial charge in [0.1, 0.15) is 5.82 Å². The van der Waals surface area contributed by atoms with Gasteiger partial charge in [0.25, 0.3) is 0 Å². The van der Waals surface area contributed by atoms with E-state index in [4.69, 9.17) is 9.05 Å². The second kappa shape index (κ2) is 10.0. The molecule has 0 aliphatic heterocycles. The van der Waals surface area contributed by atoms with E-state index in [2.05, 4.69) is 5.32 Å². The van der Waals surface area contributed by atoms with Crippen LogP contribution in [0.4, 0.5) is 10.1 Å². The maximum Gasteiger partial charge on any atom is 0.357 e. The molecular formula is C21H29FNO3P. The zero-order chi connectivity index (χ0) is 19.9. The summed E-state index contributed by atoms with van der Waals surface area (Å²) in [4.78, 5) is 0. The van der Waals surface area contributed by atoms with Gasteiger partial charge in [-0.05, 0) is 41.7 Å². The third-order valence-corrected chi connectivity index (χ3v) is 5.83. The molecule has 0 radical (unpaired) electrons. The summed E-state index contributed by atoms with van der Waals surface area (Å²) in [5.74, 6) is -0.686. The second-order valence-electron chi connectivity index (χ2n) is 7.38. The molecule has 0 aromatic heterocycles. The van der Waals surface area contributed by atoms with Gasteiger partial charge in [0, 0.05) is 5.69 Å². The Bertz CT molecular complexity index is 719. The van der Waals surface area contributed by atoms with Gasteiger partial charge in [0.05, 0.1) is 13.2 Å². The number of nitrogens with one attached hydrogen (secondary N) is 1. The minimum Gasteiger partial charge on any atom is -0.368 e. The minimum atomic E-state index is -3.57. The molecule has 0 saturated heterocycles. The molecule has 1 N–H and O–H groups in total. The number of benzene rings is 2. The van der Waals surface area contributed by atoms with Gasteiger partial charge in [0.2, 0.25) is 0 Å². The normalized spacial score (nSPS) is 13.1. The number of anilines is 1. The van der Waals surface area contributed by atoms with Crippen molar-refractivity contribution in [2.75, 3.05) is 18.5 Å². The van der Waals surface area contributed by atoms with E-state index >= 15 is 0 Å². The van der Waals surface area contributed by atoms with Crippen LogP contribution in [0.15, 0.2) is 54.6 Å². The van der Waals surface area contributed by atoms with E-state index in [1.165, 1.54) is 12.1 Å². The van der Waals surface area contributed by atoms with Gasteiger partial charge in [-0.15, -0.1) is 0 Å². The molecule has 6 heteroatoms. The highest BCUT2D eigenvalue weighted by molar-refractivity contribution is 7.54. The second-order valence-corrected chi connectivity index (χ2v) is 9.50. The van der Waals surface area contributed by atoms with Crippen LogP contribution in [0, 0.1) is 17.7 Å². The molecule has 0 fully saturated rings. The van der Waals surface area contributed by atoms with E-state index in [-0.39, 0.29) is 17.7 Å². The van der Waals surface area contributed by atoms with Crippen LogP contribution in [-0.4, -0.2) is 13.2 Å². The Morgan fingerprint density at radius 2 is 1.41 bits per heavy atom. The summed E-state index contributed by atoms with van der Waals surface area (Å²) in [7, 11) is -3.57. The molecule has 0 aliphatic rings. The molecule has 2 aromatic rings. The number of halogens is 1. The Labute approximate surface area is 161 Å². The fourth-order valence-electron chi connectivity index (χ4n) is 2.37. The molecule has 1 atom stereocenters. The molecule has 0 unspecified atom stereocenters. The Kier molecular flexibility index (Phi) is 8.03. The minimum absolute atomic E-state index is 0.201. The Morgan fingerprint density at radius 1 is 0.889 bits per heavy atom. The van der Waals surface area contributed by atoms with Crippen molar-refractivity contribution in [2.45, 2.75) is 33.5 Å². The number of hydrogen-bond donors (Lipinski definition) is 1. The van der Waals surface area contributed by atoms with Gasteiger partial charge in [-0.3, -0.25) is 4.57 Å². The summed E-state index contributed by atoms with van der Waals surface area (Å²) in [6.45, 7) is 8.58. The SMILES string of the molecule is CC(C)COP(=O)(OCC(C)C)[C@@H](Nc1ccccc1)c1ccc(F)cc1. The molecule has 148 valence electrons. The summed E-state index contributed by atoms with van der Waals surface area (Å²) < 4.78 is 38.9. The van der Waals surface area contributed by atoms with Crippen molar-refractivity contribution < 1.29 is 18.0 Å². The summed E-state index contributed by atoms with van der Waals surface area (Å²) >= 11 is 0. The van der Waals surface area contributed by atoms with Crippen molar-refractivity contribution >= 4 is 13.3 Å². The highest BCUT2D eigenvalue weighted by Crippen LogP contribution is 2.61. The van der Waals surface area contributed by atoms with E-state index in [0.29, 0.717) is 18.8 Å². The van der Waals surface area contributed by atoms with Gasteiger partial charge in [-0.25, -0.2) is 4.39 Å². The maximum absolute atomic E-state index is 13.8. The molecule has 2 aromatic carbocycles.